The van der Waals surface area contributed by atoms with E-state index in [1.807, 2.05) is 0 Å². The molecule has 186 valence electrons. The van der Waals surface area contributed by atoms with E-state index >= 15 is 0 Å². The highest BCUT2D eigenvalue weighted by Crippen LogP contribution is 2.39. The van der Waals surface area contributed by atoms with Crippen LogP contribution in [0.25, 0.3) is 11.1 Å². The second-order valence-electron chi connectivity index (χ2n) is 7.58. The fourth-order valence-corrected chi connectivity index (χ4v) is 5.17. The second kappa shape index (κ2) is 8.99. The number of aromatic nitrogens is 1. The van der Waals surface area contributed by atoms with E-state index in [2.05, 4.69) is 4.98 Å². The number of benzene rings is 2. The SMILES string of the molecule is O=S(=O)(c1cc(C(F)(F)F)cc(C(F)(F)F)c1)N1CCOc2nccc(-c3ccc(Cl)cc3)c2C1. The second-order valence-corrected chi connectivity index (χ2v) is 9.95. The molecule has 0 bridgehead atoms. The van der Waals surface area contributed by atoms with E-state index in [1.54, 1.807) is 30.3 Å². The third-order valence-corrected chi connectivity index (χ3v) is 7.36. The van der Waals surface area contributed by atoms with Gasteiger partial charge in [-0.2, -0.15) is 30.6 Å². The van der Waals surface area contributed by atoms with Crippen LogP contribution < -0.4 is 4.74 Å². The molecule has 1 aliphatic heterocycles. The zero-order chi connectivity index (χ0) is 25.6. The Morgan fingerprint density at radius 1 is 0.914 bits per heavy atom. The predicted octanol–water partition coefficient (Wildman–Crippen LogP) is 6.02. The number of hydrogen-bond donors (Lipinski definition) is 0. The first kappa shape index (κ1) is 25.3. The number of hydrogen-bond acceptors (Lipinski definition) is 4. The topological polar surface area (TPSA) is 59.5 Å². The molecule has 0 N–H and O–H groups in total. The summed E-state index contributed by atoms with van der Waals surface area (Å²) in [5, 5.41) is 0.458. The molecule has 1 aromatic heterocycles. The van der Waals surface area contributed by atoms with Crippen molar-refractivity contribution in [3.05, 3.63) is 76.4 Å². The van der Waals surface area contributed by atoms with Gasteiger partial charge in [0.1, 0.15) is 6.61 Å². The molecule has 2 heterocycles. The lowest BCUT2D eigenvalue weighted by Crippen LogP contribution is -2.33. The van der Waals surface area contributed by atoms with Gasteiger partial charge < -0.3 is 4.74 Å². The summed E-state index contributed by atoms with van der Waals surface area (Å²) in [5.41, 5.74) is -1.98. The number of pyridine rings is 1. The minimum atomic E-state index is -5.19. The Kier molecular flexibility index (Phi) is 6.49. The van der Waals surface area contributed by atoms with E-state index in [0.29, 0.717) is 21.7 Å². The van der Waals surface area contributed by atoms with Gasteiger partial charge in [-0.3, -0.25) is 0 Å². The zero-order valence-electron chi connectivity index (χ0n) is 17.5. The molecule has 4 rings (SSSR count). The van der Waals surface area contributed by atoms with Gasteiger partial charge in [0.2, 0.25) is 15.9 Å². The molecule has 35 heavy (non-hydrogen) atoms. The van der Waals surface area contributed by atoms with Gasteiger partial charge in [0, 0.05) is 29.9 Å². The Bertz CT molecular complexity index is 1330. The average molecular weight is 537 g/mol. The normalized spacial score (nSPS) is 15.3. The highest BCUT2D eigenvalue weighted by Gasteiger charge is 2.39. The van der Waals surface area contributed by atoms with Crippen molar-refractivity contribution in [2.24, 2.45) is 0 Å². The molecule has 13 heteroatoms. The summed E-state index contributed by atoms with van der Waals surface area (Å²) in [4.78, 5) is 2.97. The summed E-state index contributed by atoms with van der Waals surface area (Å²) in [6, 6.07) is 8.42. The first-order valence-electron chi connectivity index (χ1n) is 9.93. The molecule has 0 saturated heterocycles. The van der Waals surface area contributed by atoms with Crippen molar-refractivity contribution < 1.29 is 39.5 Å². The molecule has 0 amide bonds. The van der Waals surface area contributed by atoms with Gasteiger partial charge in [-0.25, -0.2) is 13.4 Å². The van der Waals surface area contributed by atoms with Crippen LogP contribution in [0.2, 0.25) is 5.02 Å². The average Bonchev–Trinajstić information content (AvgIpc) is 3.01. The summed E-state index contributed by atoms with van der Waals surface area (Å²) < 4.78 is 113. The maximum Gasteiger partial charge on any atom is 0.416 e. The molecule has 2 aromatic carbocycles. The van der Waals surface area contributed by atoms with Crippen LogP contribution in [0.15, 0.2) is 59.6 Å². The van der Waals surface area contributed by atoms with Gasteiger partial charge in [-0.15, -0.1) is 0 Å². The molecule has 3 aromatic rings. The lowest BCUT2D eigenvalue weighted by atomic mass is 10.0. The molecular formula is C22H15ClF6N2O3S. The summed E-state index contributed by atoms with van der Waals surface area (Å²) >= 11 is 5.92. The Morgan fingerprint density at radius 3 is 2.09 bits per heavy atom. The van der Waals surface area contributed by atoms with E-state index < -0.39 is 38.4 Å². The van der Waals surface area contributed by atoms with E-state index in [0.717, 1.165) is 4.31 Å². The lowest BCUT2D eigenvalue weighted by Gasteiger charge is -2.22. The van der Waals surface area contributed by atoms with Crippen molar-refractivity contribution in [3.8, 4) is 17.0 Å². The van der Waals surface area contributed by atoms with Crippen molar-refractivity contribution in [2.45, 2.75) is 23.8 Å². The maximum absolute atomic E-state index is 13.3. The third-order valence-electron chi connectivity index (χ3n) is 5.28. The number of rotatable bonds is 3. The Balaban J connectivity index is 1.80. The van der Waals surface area contributed by atoms with E-state index in [9.17, 15) is 34.8 Å². The molecule has 1 aliphatic rings. The fourth-order valence-electron chi connectivity index (χ4n) is 3.58. The van der Waals surface area contributed by atoms with Crippen LogP contribution in [-0.4, -0.2) is 30.9 Å². The van der Waals surface area contributed by atoms with Crippen LogP contribution in [-0.2, 0) is 28.9 Å². The van der Waals surface area contributed by atoms with E-state index in [-0.39, 0.29) is 43.8 Å². The monoisotopic (exact) mass is 536 g/mol. The summed E-state index contributed by atoms with van der Waals surface area (Å²) in [6.45, 7) is -0.925. The molecule has 5 nitrogen and oxygen atoms in total. The maximum atomic E-state index is 13.3. The van der Waals surface area contributed by atoms with Crippen molar-refractivity contribution >= 4 is 21.6 Å². The molecule has 0 fully saturated rings. The highest BCUT2D eigenvalue weighted by molar-refractivity contribution is 7.89. The zero-order valence-corrected chi connectivity index (χ0v) is 19.1. The first-order chi connectivity index (χ1) is 16.3. The van der Waals surface area contributed by atoms with Crippen molar-refractivity contribution in [2.75, 3.05) is 13.2 Å². The number of ether oxygens (including phenoxy) is 1. The van der Waals surface area contributed by atoms with Crippen molar-refractivity contribution in [1.82, 2.24) is 9.29 Å². The Morgan fingerprint density at radius 2 is 1.51 bits per heavy atom. The Labute approximate surface area is 201 Å². The minimum Gasteiger partial charge on any atom is -0.476 e. The van der Waals surface area contributed by atoms with Crippen LogP contribution in [0.4, 0.5) is 26.3 Å². The molecule has 0 atom stereocenters. The molecule has 0 saturated carbocycles. The van der Waals surface area contributed by atoms with Crippen LogP contribution >= 0.6 is 11.6 Å². The molecule has 0 aliphatic carbocycles. The molecule has 0 spiro atoms. The molecular weight excluding hydrogens is 522 g/mol. The Hall–Kier alpha value is -2.83. The number of fused-ring (bicyclic) bond motifs is 1. The number of nitrogens with zero attached hydrogens (tertiary/aromatic N) is 2. The molecule has 0 radical (unpaired) electrons. The summed E-state index contributed by atoms with van der Waals surface area (Å²) in [5.74, 6) is 0.107. The van der Waals surface area contributed by atoms with Crippen molar-refractivity contribution in [3.63, 3.8) is 0 Å². The standard InChI is InChI=1S/C22H15ClF6N2O3S/c23-16-3-1-13(2-4-16)18-5-6-30-20-19(18)12-31(7-8-34-20)35(32,33)17-10-14(21(24,25)26)9-15(11-17)22(27,28)29/h1-6,9-11H,7-8,12H2. The van der Waals surface area contributed by atoms with Gasteiger partial charge in [-0.05, 0) is 47.5 Å². The fraction of sp³-hybridized carbons (Fsp3) is 0.227. The van der Waals surface area contributed by atoms with Crippen LogP contribution in [0, 0.1) is 0 Å². The van der Waals surface area contributed by atoms with Gasteiger partial charge >= 0.3 is 12.4 Å². The van der Waals surface area contributed by atoms with E-state index in [1.165, 1.54) is 6.20 Å². The van der Waals surface area contributed by atoms with Gasteiger partial charge in [0.15, 0.2) is 0 Å². The van der Waals surface area contributed by atoms with E-state index in [4.69, 9.17) is 16.3 Å². The van der Waals surface area contributed by atoms with Gasteiger partial charge in [-0.1, -0.05) is 23.7 Å². The summed E-state index contributed by atoms with van der Waals surface area (Å²) in [7, 11) is -4.79. The van der Waals surface area contributed by atoms with Crippen LogP contribution in [0.3, 0.4) is 0 Å². The van der Waals surface area contributed by atoms with Crippen LogP contribution in [0.1, 0.15) is 16.7 Å². The minimum absolute atomic E-state index is 0.107. The van der Waals surface area contributed by atoms with Crippen molar-refractivity contribution in [1.29, 1.82) is 0 Å². The smallest absolute Gasteiger partial charge is 0.416 e. The number of halogens is 7. The lowest BCUT2D eigenvalue weighted by molar-refractivity contribution is -0.143. The van der Waals surface area contributed by atoms with Gasteiger partial charge in [0.25, 0.3) is 0 Å². The number of alkyl halides is 6. The summed E-state index contributed by atoms with van der Waals surface area (Å²) in [6.07, 6.45) is -8.94. The molecule has 0 unspecified atom stereocenters. The third kappa shape index (κ3) is 5.24. The largest absolute Gasteiger partial charge is 0.476 e. The van der Waals surface area contributed by atoms with Crippen LogP contribution in [0.5, 0.6) is 5.88 Å². The number of sulfonamides is 1. The highest BCUT2D eigenvalue weighted by atomic mass is 35.5. The predicted molar refractivity (Wildman–Crippen MR) is 114 cm³/mol. The van der Waals surface area contributed by atoms with Gasteiger partial charge in [0.05, 0.1) is 16.0 Å². The first-order valence-corrected chi connectivity index (χ1v) is 11.7. The quantitative estimate of drug-likeness (QED) is 0.384.